The number of alkyl halides is 3. The van der Waals surface area contributed by atoms with Crippen molar-refractivity contribution >= 4 is 43.6 Å². The molecule has 0 saturated heterocycles. The molecule has 0 saturated carbocycles. The Morgan fingerprint density at radius 1 is 0.542 bits per heavy atom. The van der Waals surface area contributed by atoms with Gasteiger partial charge in [-0.25, -0.2) is 0 Å². The average molecular weight is 634 g/mol. The summed E-state index contributed by atoms with van der Waals surface area (Å²) >= 11 is 0. The lowest BCUT2D eigenvalue weighted by Gasteiger charge is -2.20. The Morgan fingerprint density at radius 3 is 1.44 bits per heavy atom. The second-order valence-corrected chi connectivity index (χ2v) is 12.8. The zero-order valence-electron chi connectivity index (χ0n) is 26.9. The third kappa shape index (κ3) is 4.50. The highest BCUT2D eigenvalue weighted by Gasteiger charge is 2.31. The number of hydrogen-bond acceptors (Lipinski definition) is 1. The molecule has 0 fully saturated rings. The number of nitriles is 1. The van der Waals surface area contributed by atoms with Gasteiger partial charge in [-0.15, -0.1) is 0 Å². The first kappa shape index (κ1) is 29.6. The predicted molar refractivity (Wildman–Crippen MR) is 189 cm³/mol. The second kappa shape index (κ2) is 10.6. The number of aryl methyl sites for hydroxylation is 4. The normalized spacial score (nSPS) is 12.0. The van der Waals surface area contributed by atoms with Crippen molar-refractivity contribution in [1.82, 2.24) is 9.13 Å². The molecule has 0 spiro atoms. The van der Waals surface area contributed by atoms with E-state index in [-0.39, 0.29) is 0 Å². The maximum absolute atomic E-state index is 14.0. The molecule has 0 radical (unpaired) electrons. The van der Waals surface area contributed by atoms with Crippen LogP contribution in [0.2, 0.25) is 0 Å². The molecule has 0 unspecified atom stereocenters. The molecule has 234 valence electrons. The summed E-state index contributed by atoms with van der Waals surface area (Å²) in [5, 5.41) is 15.3. The smallest absolute Gasteiger partial charge is 0.308 e. The van der Waals surface area contributed by atoms with E-state index in [0.717, 1.165) is 71.9 Å². The van der Waals surface area contributed by atoms with Crippen molar-refractivity contribution in [3.05, 3.63) is 143 Å². The summed E-state index contributed by atoms with van der Waals surface area (Å²) in [4.78, 5) is 0. The summed E-state index contributed by atoms with van der Waals surface area (Å²) in [6.07, 6.45) is -4.52. The standard InChI is InChI=1S/C42H30F3N3/c1-24-8-13-36-31(18-24)32-19-25(2)9-14-37(32)47(36)40-17-12-30(28-6-5-7-29(22-28)42(43,44)45)41(35(40)23-46)48-38-15-10-26(3)20-33(38)34-21-27(4)11-16-39(34)48/h5-22H,1-4H3. The van der Waals surface area contributed by atoms with Crippen LogP contribution in [0.3, 0.4) is 0 Å². The van der Waals surface area contributed by atoms with E-state index in [4.69, 9.17) is 0 Å². The number of nitrogens with zero attached hydrogens (tertiary/aromatic N) is 3. The largest absolute Gasteiger partial charge is 0.416 e. The van der Waals surface area contributed by atoms with E-state index in [0.29, 0.717) is 28.1 Å². The highest BCUT2D eigenvalue weighted by molar-refractivity contribution is 6.12. The molecule has 48 heavy (non-hydrogen) atoms. The third-order valence-electron chi connectivity index (χ3n) is 9.39. The van der Waals surface area contributed by atoms with Crippen LogP contribution in [0, 0.1) is 39.0 Å². The van der Waals surface area contributed by atoms with Gasteiger partial charge >= 0.3 is 6.18 Å². The Kier molecular flexibility index (Phi) is 6.54. The molecule has 8 rings (SSSR count). The van der Waals surface area contributed by atoms with Gasteiger partial charge in [0.15, 0.2) is 0 Å². The Hall–Kier alpha value is -5.80. The van der Waals surface area contributed by atoms with E-state index in [2.05, 4.69) is 77.6 Å². The van der Waals surface area contributed by atoms with Crippen LogP contribution >= 0.6 is 0 Å². The third-order valence-corrected chi connectivity index (χ3v) is 9.39. The summed E-state index contributed by atoms with van der Waals surface area (Å²) in [5.41, 5.74) is 9.80. The fourth-order valence-electron chi connectivity index (χ4n) is 7.21. The van der Waals surface area contributed by atoms with Crippen LogP contribution < -0.4 is 0 Å². The molecular weight excluding hydrogens is 603 g/mol. The van der Waals surface area contributed by atoms with Gasteiger partial charge in [0.25, 0.3) is 0 Å². The van der Waals surface area contributed by atoms with Crippen molar-refractivity contribution in [2.24, 2.45) is 0 Å². The van der Waals surface area contributed by atoms with Crippen LogP contribution in [0.15, 0.2) is 109 Å². The van der Waals surface area contributed by atoms with Crippen LogP contribution in [0.25, 0.3) is 66.1 Å². The van der Waals surface area contributed by atoms with E-state index in [1.807, 2.05) is 50.2 Å². The number of rotatable bonds is 3. The van der Waals surface area contributed by atoms with Crippen molar-refractivity contribution in [1.29, 1.82) is 5.26 Å². The molecule has 2 aromatic heterocycles. The van der Waals surface area contributed by atoms with E-state index in [9.17, 15) is 18.4 Å². The molecule has 6 heteroatoms. The molecular formula is C42H30F3N3. The summed E-state index contributed by atoms with van der Waals surface area (Å²) < 4.78 is 46.3. The average Bonchev–Trinajstić information content (AvgIpc) is 3.54. The van der Waals surface area contributed by atoms with Gasteiger partial charge in [-0.1, -0.05) is 64.7 Å². The fraction of sp³-hybridized carbons (Fsp3) is 0.119. The van der Waals surface area contributed by atoms with Gasteiger partial charge in [0, 0.05) is 27.1 Å². The van der Waals surface area contributed by atoms with Gasteiger partial charge in [0.05, 0.1) is 39.0 Å². The van der Waals surface area contributed by atoms with Crippen LogP contribution in [0.1, 0.15) is 33.4 Å². The molecule has 0 atom stereocenters. The molecule has 3 nitrogen and oxygen atoms in total. The van der Waals surface area contributed by atoms with Crippen LogP contribution in [0.5, 0.6) is 0 Å². The molecule has 0 N–H and O–H groups in total. The Bertz CT molecular complexity index is 2540. The lowest BCUT2D eigenvalue weighted by molar-refractivity contribution is -0.137. The topological polar surface area (TPSA) is 33.6 Å². The summed E-state index contributed by atoms with van der Waals surface area (Å²) in [6, 6.07) is 36.6. The minimum Gasteiger partial charge on any atom is -0.308 e. The molecule has 0 aliphatic rings. The lowest BCUT2D eigenvalue weighted by Crippen LogP contribution is -2.07. The van der Waals surface area contributed by atoms with E-state index in [1.165, 1.54) is 12.1 Å². The first-order valence-electron chi connectivity index (χ1n) is 15.8. The van der Waals surface area contributed by atoms with Gasteiger partial charge in [0.2, 0.25) is 0 Å². The van der Waals surface area contributed by atoms with E-state index >= 15 is 0 Å². The van der Waals surface area contributed by atoms with Crippen LogP contribution in [-0.2, 0) is 6.18 Å². The van der Waals surface area contributed by atoms with Gasteiger partial charge in [-0.05, 0) is 100.0 Å². The molecule has 8 aromatic rings. The maximum Gasteiger partial charge on any atom is 0.416 e. The summed E-state index contributed by atoms with van der Waals surface area (Å²) in [6.45, 7) is 8.21. The molecule has 0 bridgehead atoms. The first-order valence-corrected chi connectivity index (χ1v) is 15.8. The van der Waals surface area contributed by atoms with Crippen molar-refractivity contribution in [2.75, 3.05) is 0 Å². The zero-order chi connectivity index (χ0) is 33.5. The predicted octanol–water partition coefficient (Wildman–Crippen LogP) is 11.7. The number of hydrogen-bond donors (Lipinski definition) is 0. The summed E-state index contributed by atoms with van der Waals surface area (Å²) in [7, 11) is 0. The van der Waals surface area contributed by atoms with E-state index in [1.54, 1.807) is 6.07 Å². The van der Waals surface area contributed by atoms with Crippen LogP contribution in [0.4, 0.5) is 13.2 Å². The minimum atomic E-state index is -4.52. The Balaban J connectivity index is 1.56. The quantitative estimate of drug-likeness (QED) is 0.191. The number of benzene rings is 6. The van der Waals surface area contributed by atoms with Gasteiger partial charge in [0.1, 0.15) is 11.6 Å². The molecule has 0 amide bonds. The minimum absolute atomic E-state index is 0.366. The molecule has 2 heterocycles. The molecule has 0 aliphatic carbocycles. The highest BCUT2D eigenvalue weighted by Crippen LogP contribution is 2.43. The van der Waals surface area contributed by atoms with Gasteiger partial charge in [-0.3, -0.25) is 0 Å². The zero-order valence-corrected chi connectivity index (χ0v) is 26.9. The van der Waals surface area contributed by atoms with Crippen molar-refractivity contribution in [3.8, 4) is 28.6 Å². The van der Waals surface area contributed by atoms with Gasteiger partial charge < -0.3 is 9.13 Å². The number of halogens is 3. The lowest BCUT2D eigenvalue weighted by atomic mass is 9.96. The fourth-order valence-corrected chi connectivity index (χ4v) is 7.21. The van der Waals surface area contributed by atoms with Gasteiger partial charge in [-0.2, -0.15) is 18.4 Å². The second-order valence-electron chi connectivity index (χ2n) is 12.8. The van der Waals surface area contributed by atoms with E-state index < -0.39 is 11.7 Å². The Morgan fingerprint density at radius 2 is 1.00 bits per heavy atom. The maximum atomic E-state index is 14.0. The number of aromatic nitrogens is 2. The van der Waals surface area contributed by atoms with Crippen molar-refractivity contribution in [3.63, 3.8) is 0 Å². The monoisotopic (exact) mass is 633 g/mol. The number of fused-ring (bicyclic) bond motifs is 6. The van der Waals surface area contributed by atoms with Crippen LogP contribution in [-0.4, -0.2) is 9.13 Å². The van der Waals surface area contributed by atoms with Crippen molar-refractivity contribution in [2.45, 2.75) is 33.9 Å². The SMILES string of the molecule is Cc1ccc2c(c1)c1cc(C)ccc1n2-c1ccc(-c2cccc(C(F)(F)F)c2)c(-n2c3ccc(C)cc3c3cc(C)ccc32)c1C#N. The summed E-state index contributed by atoms with van der Waals surface area (Å²) in [5.74, 6) is 0. The first-order chi connectivity index (χ1) is 23.0. The molecule has 0 aliphatic heterocycles. The highest BCUT2D eigenvalue weighted by atomic mass is 19.4. The molecule has 6 aromatic carbocycles. The Labute approximate surface area is 275 Å². The van der Waals surface area contributed by atoms with Crippen molar-refractivity contribution < 1.29 is 13.2 Å².